The summed E-state index contributed by atoms with van der Waals surface area (Å²) in [5.74, 6) is -2.02. The lowest BCUT2D eigenvalue weighted by molar-refractivity contribution is -0.138. The van der Waals surface area contributed by atoms with Crippen molar-refractivity contribution in [2.45, 2.75) is 19.5 Å². The lowest BCUT2D eigenvalue weighted by Crippen LogP contribution is -2.47. The molecule has 0 fully saturated rings. The van der Waals surface area contributed by atoms with Crippen molar-refractivity contribution in [2.75, 3.05) is 26.2 Å². The number of amides is 3. The lowest BCUT2D eigenvalue weighted by Gasteiger charge is -2.18. The minimum absolute atomic E-state index is 0. The molecular weight excluding hydrogens is 319 g/mol. The van der Waals surface area contributed by atoms with E-state index >= 15 is 0 Å². The molecule has 0 radical (unpaired) electrons. The van der Waals surface area contributed by atoms with Crippen LogP contribution in [-0.2, 0) is 9.59 Å². The number of carboxylic acid groups (broad SMARTS) is 1. The Morgan fingerprint density at radius 2 is 1.76 bits per heavy atom. The van der Waals surface area contributed by atoms with Gasteiger partial charge in [-0.25, -0.2) is 4.79 Å². The van der Waals surface area contributed by atoms with Crippen LogP contribution in [-0.4, -0.2) is 60.3 Å². The van der Waals surface area contributed by atoms with Gasteiger partial charge in [-0.15, -0.1) is 12.4 Å². The van der Waals surface area contributed by atoms with Crippen molar-refractivity contribution in [2.24, 2.45) is 0 Å². The summed E-state index contributed by atoms with van der Waals surface area (Å²) in [5, 5.41) is 11.8. The van der Waals surface area contributed by atoms with E-state index in [1.165, 1.54) is 10.2 Å². The monoisotopic (exact) mass is 335 g/mol. The molecule has 0 rings (SSSR count). The number of rotatable bonds is 7. The fourth-order valence-corrected chi connectivity index (χ4v) is 1.32. The zero-order valence-corrected chi connectivity index (χ0v) is 12.0. The Morgan fingerprint density at radius 3 is 2.19 bits per heavy atom. The number of carbonyl (C=O) groups is 3. The number of hydrogen-bond donors (Lipinski definition) is 3. The van der Waals surface area contributed by atoms with Crippen LogP contribution in [0.15, 0.2) is 0 Å². The van der Waals surface area contributed by atoms with Crippen molar-refractivity contribution in [3.8, 4) is 0 Å². The molecule has 11 heteroatoms. The number of nitrogens with zero attached hydrogens (tertiary/aromatic N) is 1. The van der Waals surface area contributed by atoms with Gasteiger partial charge in [-0.1, -0.05) is 6.92 Å². The van der Waals surface area contributed by atoms with E-state index < -0.39 is 37.2 Å². The number of nitrogens with one attached hydrogen (secondary N) is 2. The van der Waals surface area contributed by atoms with Crippen LogP contribution in [0.4, 0.5) is 18.0 Å². The van der Waals surface area contributed by atoms with E-state index in [1.54, 1.807) is 12.2 Å². The van der Waals surface area contributed by atoms with E-state index in [1.807, 2.05) is 0 Å². The molecule has 0 saturated carbocycles. The Bertz CT molecular complexity index is 366. The molecule has 0 spiro atoms. The molecule has 0 aromatic carbocycles. The Morgan fingerprint density at radius 1 is 1.19 bits per heavy atom. The molecule has 3 N–H and O–H groups in total. The summed E-state index contributed by atoms with van der Waals surface area (Å²) in [4.78, 5) is 34.1. The Kier molecular flexibility index (Phi) is 10.6. The average molecular weight is 336 g/mol. The van der Waals surface area contributed by atoms with Gasteiger partial charge in [-0.2, -0.15) is 13.2 Å². The first-order valence-electron chi connectivity index (χ1n) is 5.72. The topological polar surface area (TPSA) is 98.7 Å². The van der Waals surface area contributed by atoms with E-state index in [-0.39, 0.29) is 19.0 Å². The highest BCUT2D eigenvalue weighted by atomic mass is 35.5. The van der Waals surface area contributed by atoms with Gasteiger partial charge in [-0.05, 0) is 13.0 Å². The summed E-state index contributed by atoms with van der Waals surface area (Å²) < 4.78 is 35.4. The molecule has 7 nitrogen and oxygen atoms in total. The molecule has 0 aliphatic heterocycles. The van der Waals surface area contributed by atoms with Crippen molar-refractivity contribution >= 4 is 30.3 Å². The van der Waals surface area contributed by atoms with Crippen LogP contribution in [0.5, 0.6) is 0 Å². The van der Waals surface area contributed by atoms with E-state index in [9.17, 15) is 27.6 Å². The summed E-state index contributed by atoms with van der Waals surface area (Å²) in [6.07, 6.45) is -3.99. The van der Waals surface area contributed by atoms with E-state index in [0.717, 1.165) is 0 Å². The van der Waals surface area contributed by atoms with Crippen molar-refractivity contribution in [1.82, 2.24) is 15.5 Å². The molecule has 124 valence electrons. The normalized spacial score (nSPS) is 10.7. The highest BCUT2D eigenvalue weighted by molar-refractivity contribution is 5.95. The molecule has 0 saturated heterocycles. The van der Waals surface area contributed by atoms with Gasteiger partial charge in [0.25, 0.3) is 0 Å². The zero-order chi connectivity index (χ0) is 15.8. The third-order valence-corrected chi connectivity index (χ3v) is 1.97. The number of carboxylic acids is 1. The van der Waals surface area contributed by atoms with Gasteiger partial charge in [0.05, 0.1) is 13.1 Å². The maximum Gasteiger partial charge on any atom is 0.405 e. The van der Waals surface area contributed by atoms with Crippen LogP contribution in [0.1, 0.15) is 13.3 Å². The highest BCUT2D eigenvalue weighted by Crippen LogP contribution is 2.11. The molecule has 0 aliphatic rings. The number of urea groups is 1. The summed E-state index contributed by atoms with van der Waals surface area (Å²) >= 11 is 0. The van der Waals surface area contributed by atoms with Gasteiger partial charge in [-0.3, -0.25) is 19.8 Å². The van der Waals surface area contributed by atoms with Gasteiger partial charge in [0.15, 0.2) is 0 Å². The predicted octanol–water partition coefficient (Wildman–Crippen LogP) is 0.593. The number of carbonyl (C=O) groups excluding carboxylic acids is 2. The molecule has 21 heavy (non-hydrogen) atoms. The van der Waals surface area contributed by atoms with Crippen LogP contribution in [0.3, 0.4) is 0 Å². The minimum atomic E-state index is -4.57. The van der Waals surface area contributed by atoms with Gasteiger partial charge >= 0.3 is 18.2 Å². The Balaban J connectivity index is 0. The molecule has 0 bridgehead atoms. The molecule has 0 aromatic heterocycles. The summed E-state index contributed by atoms with van der Waals surface area (Å²) in [6.45, 7) is -0.266. The summed E-state index contributed by atoms with van der Waals surface area (Å²) in [7, 11) is 0. The van der Waals surface area contributed by atoms with Crippen molar-refractivity contribution in [3.63, 3.8) is 0 Å². The number of aliphatic carboxylic acids is 1. The number of alkyl halides is 3. The molecule has 0 heterocycles. The number of halogens is 4. The average Bonchev–Trinajstić information content (AvgIpc) is 2.24. The standard InChI is InChI=1S/C10H16F3N3O4.ClH/c1-2-3-16(5-8(18)19)4-7(17)15-9(20)14-6-10(11,12)13;/h2-6H2,1H3,(H,18,19)(H2,14,15,17,20);1H. The molecule has 0 aromatic rings. The first-order chi connectivity index (χ1) is 9.14. The SMILES string of the molecule is CCCN(CC(=O)O)CC(=O)NC(=O)NCC(F)(F)F.Cl. The molecule has 0 unspecified atom stereocenters. The maximum atomic E-state index is 11.8. The third-order valence-electron chi connectivity index (χ3n) is 1.97. The largest absolute Gasteiger partial charge is 0.480 e. The maximum absolute atomic E-state index is 11.8. The Labute approximate surface area is 125 Å². The molecular formula is C10H17ClF3N3O4. The summed E-state index contributed by atoms with van der Waals surface area (Å²) in [6, 6.07) is -1.28. The second-order valence-corrected chi connectivity index (χ2v) is 3.95. The summed E-state index contributed by atoms with van der Waals surface area (Å²) in [5.41, 5.74) is 0. The fourth-order valence-electron chi connectivity index (χ4n) is 1.32. The van der Waals surface area contributed by atoms with Crippen molar-refractivity contribution in [3.05, 3.63) is 0 Å². The van der Waals surface area contributed by atoms with Gasteiger partial charge in [0.1, 0.15) is 6.54 Å². The second-order valence-electron chi connectivity index (χ2n) is 3.95. The first kappa shape index (κ1) is 21.7. The van der Waals surface area contributed by atoms with E-state index in [4.69, 9.17) is 5.11 Å². The first-order valence-corrected chi connectivity index (χ1v) is 5.72. The molecule has 0 atom stereocenters. The van der Waals surface area contributed by atoms with Crippen LogP contribution in [0.2, 0.25) is 0 Å². The van der Waals surface area contributed by atoms with E-state index in [2.05, 4.69) is 0 Å². The fraction of sp³-hybridized carbons (Fsp3) is 0.700. The second kappa shape index (κ2) is 10.2. The van der Waals surface area contributed by atoms with Gasteiger partial charge < -0.3 is 10.4 Å². The predicted molar refractivity (Wildman–Crippen MR) is 69.2 cm³/mol. The van der Waals surface area contributed by atoms with Crippen molar-refractivity contribution < 1.29 is 32.7 Å². The molecule has 3 amide bonds. The number of hydrogen-bond acceptors (Lipinski definition) is 4. The van der Waals surface area contributed by atoms with Crippen molar-refractivity contribution in [1.29, 1.82) is 0 Å². The highest BCUT2D eigenvalue weighted by Gasteiger charge is 2.28. The van der Waals surface area contributed by atoms with Crippen LogP contribution >= 0.6 is 12.4 Å². The van der Waals surface area contributed by atoms with Gasteiger partial charge in [0, 0.05) is 0 Å². The smallest absolute Gasteiger partial charge is 0.405 e. The zero-order valence-electron chi connectivity index (χ0n) is 11.2. The molecule has 0 aliphatic carbocycles. The Hall–Kier alpha value is -1.55. The van der Waals surface area contributed by atoms with E-state index in [0.29, 0.717) is 13.0 Å². The van der Waals surface area contributed by atoms with Crippen LogP contribution in [0.25, 0.3) is 0 Å². The quantitative estimate of drug-likeness (QED) is 0.632. The third kappa shape index (κ3) is 13.2. The number of imide groups is 1. The minimum Gasteiger partial charge on any atom is -0.480 e. The van der Waals surface area contributed by atoms with Gasteiger partial charge in [0.2, 0.25) is 5.91 Å². The lowest BCUT2D eigenvalue weighted by atomic mass is 10.4. The van der Waals surface area contributed by atoms with Crippen LogP contribution in [0, 0.1) is 0 Å². The van der Waals surface area contributed by atoms with Crippen LogP contribution < -0.4 is 10.6 Å².